The highest BCUT2D eigenvalue weighted by Crippen LogP contribution is 2.44. The van der Waals surface area contributed by atoms with Gasteiger partial charge >= 0.3 is 5.97 Å². The van der Waals surface area contributed by atoms with Gasteiger partial charge in [-0.05, 0) is 24.7 Å². The van der Waals surface area contributed by atoms with Gasteiger partial charge in [-0.2, -0.15) is 0 Å². The van der Waals surface area contributed by atoms with Gasteiger partial charge in [-0.1, -0.05) is 13.8 Å². The van der Waals surface area contributed by atoms with Crippen LogP contribution in [0.4, 0.5) is 0 Å². The van der Waals surface area contributed by atoms with Crippen LogP contribution in [0.3, 0.4) is 0 Å². The van der Waals surface area contributed by atoms with Gasteiger partial charge in [0.25, 0.3) is 0 Å². The molecule has 2 rings (SSSR count). The van der Waals surface area contributed by atoms with Gasteiger partial charge in [0.15, 0.2) is 6.10 Å². The second kappa shape index (κ2) is 3.73. The Morgan fingerprint density at radius 2 is 1.88 bits per heavy atom. The van der Waals surface area contributed by atoms with Crippen molar-refractivity contribution in [2.45, 2.75) is 51.4 Å². The molecule has 2 fully saturated rings. The number of carboxylic acids is 1. The summed E-state index contributed by atoms with van der Waals surface area (Å²) in [7, 11) is 0. The van der Waals surface area contributed by atoms with E-state index in [4.69, 9.17) is 9.84 Å². The molecular weight excluding hydrogens is 210 g/mol. The lowest BCUT2D eigenvalue weighted by Gasteiger charge is -2.12. The minimum Gasteiger partial charge on any atom is -0.479 e. The van der Waals surface area contributed by atoms with E-state index in [0.717, 1.165) is 6.42 Å². The number of ether oxygens (including phenoxy) is 1. The van der Waals surface area contributed by atoms with Crippen LogP contribution in [0.2, 0.25) is 0 Å². The summed E-state index contributed by atoms with van der Waals surface area (Å²) in [5.74, 6) is -1.15. The Morgan fingerprint density at radius 1 is 1.31 bits per heavy atom. The summed E-state index contributed by atoms with van der Waals surface area (Å²) in [6, 6.07) is 0.215. The molecule has 5 nitrogen and oxygen atoms in total. The van der Waals surface area contributed by atoms with Gasteiger partial charge in [0, 0.05) is 6.04 Å². The Labute approximate surface area is 94.2 Å². The number of rotatable bonds is 3. The quantitative estimate of drug-likeness (QED) is 0.737. The minimum absolute atomic E-state index is 0.167. The molecule has 90 valence electrons. The third-order valence-electron chi connectivity index (χ3n) is 3.42. The van der Waals surface area contributed by atoms with Crippen molar-refractivity contribution in [3.63, 3.8) is 0 Å². The fraction of sp³-hybridized carbons (Fsp3) is 0.818. The van der Waals surface area contributed by atoms with Gasteiger partial charge in [0.2, 0.25) is 5.91 Å². The maximum atomic E-state index is 11.7. The maximum Gasteiger partial charge on any atom is 0.332 e. The van der Waals surface area contributed by atoms with E-state index in [9.17, 15) is 9.59 Å². The molecule has 5 heteroatoms. The molecule has 0 aromatic heterocycles. The Kier molecular flexibility index (Phi) is 2.66. The largest absolute Gasteiger partial charge is 0.479 e. The Bertz CT molecular complexity index is 326. The number of hydrogen-bond acceptors (Lipinski definition) is 3. The lowest BCUT2D eigenvalue weighted by molar-refractivity contribution is -0.151. The van der Waals surface area contributed by atoms with Crippen molar-refractivity contribution in [2.24, 2.45) is 5.41 Å². The summed E-state index contributed by atoms with van der Waals surface area (Å²) in [5.41, 5.74) is 0.181. The molecule has 2 aliphatic rings. The van der Waals surface area contributed by atoms with Crippen LogP contribution in [0.15, 0.2) is 0 Å². The number of nitrogens with one attached hydrogen (secondary N) is 1. The molecule has 0 spiro atoms. The number of carboxylic acid groups (broad SMARTS) is 1. The minimum atomic E-state index is -0.984. The van der Waals surface area contributed by atoms with Crippen molar-refractivity contribution in [2.75, 3.05) is 0 Å². The van der Waals surface area contributed by atoms with E-state index < -0.39 is 18.2 Å². The fourth-order valence-corrected chi connectivity index (χ4v) is 1.99. The smallest absolute Gasteiger partial charge is 0.332 e. The highest BCUT2D eigenvalue weighted by atomic mass is 16.5. The summed E-state index contributed by atoms with van der Waals surface area (Å²) >= 11 is 0. The average molecular weight is 227 g/mol. The van der Waals surface area contributed by atoms with E-state index in [2.05, 4.69) is 19.2 Å². The number of aliphatic carboxylic acids is 1. The zero-order valence-electron chi connectivity index (χ0n) is 9.53. The van der Waals surface area contributed by atoms with E-state index in [1.54, 1.807) is 0 Å². The van der Waals surface area contributed by atoms with E-state index in [1.807, 2.05) is 0 Å². The lowest BCUT2D eigenvalue weighted by atomic mass is 10.1. The van der Waals surface area contributed by atoms with Crippen molar-refractivity contribution >= 4 is 11.9 Å². The molecule has 1 saturated carbocycles. The fourth-order valence-electron chi connectivity index (χ4n) is 1.99. The molecule has 0 radical (unpaired) electrons. The molecule has 0 aromatic rings. The van der Waals surface area contributed by atoms with Gasteiger partial charge in [-0.25, -0.2) is 4.79 Å². The van der Waals surface area contributed by atoms with Crippen molar-refractivity contribution in [3.8, 4) is 0 Å². The SMILES string of the molecule is CC1(C)CC1NC(=O)C1CCC(C(=O)O)O1. The third kappa shape index (κ3) is 2.19. The molecular formula is C11H17NO4. The molecule has 0 bridgehead atoms. The van der Waals surface area contributed by atoms with Crippen molar-refractivity contribution < 1.29 is 19.4 Å². The molecule has 1 heterocycles. The van der Waals surface area contributed by atoms with Crippen LogP contribution >= 0.6 is 0 Å². The van der Waals surface area contributed by atoms with Crippen LogP contribution in [0.25, 0.3) is 0 Å². The van der Waals surface area contributed by atoms with Crippen LogP contribution in [0.1, 0.15) is 33.1 Å². The maximum absolute atomic E-state index is 11.7. The first-order chi connectivity index (χ1) is 7.40. The molecule has 1 aliphatic carbocycles. The van der Waals surface area contributed by atoms with E-state index in [1.165, 1.54) is 0 Å². The second-order valence-corrected chi connectivity index (χ2v) is 5.28. The summed E-state index contributed by atoms with van der Waals surface area (Å²) < 4.78 is 5.17. The molecule has 3 atom stereocenters. The van der Waals surface area contributed by atoms with E-state index >= 15 is 0 Å². The van der Waals surface area contributed by atoms with Gasteiger partial charge in [0.05, 0.1) is 0 Å². The summed E-state index contributed by atoms with van der Waals surface area (Å²) in [6.45, 7) is 4.18. The standard InChI is InChI=1S/C11H17NO4/c1-11(2)5-8(11)12-9(13)6-3-4-7(16-6)10(14)15/h6-8H,3-5H2,1-2H3,(H,12,13)(H,14,15). The highest BCUT2D eigenvalue weighted by Gasteiger charge is 2.48. The number of amides is 1. The van der Waals surface area contributed by atoms with E-state index in [-0.39, 0.29) is 17.4 Å². The Morgan fingerprint density at radius 3 is 2.31 bits per heavy atom. The number of carbonyl (C=O) groups excluding carboxylic acids is 1. The molecule has 2 N–H and O–H groups in total. The van der Waals surface area contributed by atoms with Crippen LogP contribution in [0.5, 0.6) is 0 Å². The molecule has 3 unspecified atom stereocenters. The molecule has 1 saturated heterocycles. The summed E-state index contributed by atoms with van der Waals surface area (Å²) in [6.07, 6.45) is 0.492. The summed E-state index contributed by atoms with van der Waals surface area (Å²) in [5, 5.41) is 11.6. The van der Waals surface area contributed by atoms with Gasteiger partial charge in [-0.3, -0.25) is 4.79 Å². The Balaban J connectivity index is 1.81. The van der Waals surface area contributed by atoms with Crippen LogP contribution in [0, 0.1) is 5.41 Å². The van der Waals surface area contributed by atoms with Crippen LogP contribution in [-0.2, 0) is 14.3 Å². The number of carbonyl (C=O) groups is 2. The van der Waals surface area contributed by atoms with Gasteiger partial charge in [-0.15, -0.1) is 0 Å². The Hall–Kier alpha value is -1.10. The average Bonchev–Trinajstić information content (AvgIpc) is 2.68. The second-order valence-electron chi connectivity index (χ2n) is 5.28. The van der Waals surface area contributed by atoms with Crippen molar-refractivity contribution in [3.05, 3.63) is 0 Å². The van der Waals surface area contributed by atoms with Crippen LogP contribution < -0.4 is 5.32 Å². The topological polar surface area (TPSA) is 75.6 Å². The first-order valence-electron chi connectivity index (χ1n) is 5.59. The number of hydrogen-bond donors (Lipinski definition) is 2. The van der Waals surface area contributed by atoms with Crippen molar-refractivity contribution in [1.29, 1.82) is 0 Å². The molecule has 16 heavy (non-hydrogen) atoms. The van der Waals surface area contributed by atoms with Gasteiger partial charge in [0.1, 0.15) is 6.10 Å². The van der Waals surface area contributed by atoms with Crippen LogP contribution in [-0.4, -0.2) is 35.2 Å². The molecule has 1 amide bonds. The predicted molar refractivity (Wildman–Crippen MR) is 55.9 cm³/mol. The highest BCUT2D eigenvalue weighted by molar-refractivity contribution is 5.83. The van der Waals surface area contributed by atoms with Crippen molar-refractivity contribution in [1.82, 2.24) is 5.32 Å². The summed E-state index contributed by atoms with van der Waals surface area (Å²) in [4.78, 5) is 22.4. The molecule has 1 aliphatic heterocycles. The van der Waals surface area contributed by atoms with Gasteiger partial charge < -0.3 is 15.2 Å². The monoisotopic (exact) mass is 227 g/mol. The molecule has 0 aromatic carbocycles. The third-order valence-corrected chi connectivity index (χ3v) is 3.42. The first-order valence-corrected chi connectivity index (χ1v) is 5.59. The zero-order valence-corrected chi connectivity index (χ0v) is 9.53. The first kappa shape index (κ1) is 11.4. The van der Waals surface area contributed by atoms with E-state index in [0.29, 0.717) is 12.8 Å². The normalized spacial score (nSPS) is 35.8. The zero-order chi connectivity index (χ0) is 11.9. The predicted octanol–water partition coefficient (Wildman–Crippen LogP) is 0.533. The lowest BCUT2D eigenvalue weighted by Crippen LogP contribution is -2.38.